The van der Waals surface area contributed by atoms with Crippen LogP contribution < -0.4 is 5.32 Å². The van der Waals surface area contributed by atoms with Gasteiger partial charge in [-0.3, -0.25) is 4.79 Å². The van der Waals surface area contributed by atoms with Gasteiger partial charge in [-0.25, -0.2) is 4.79 Å². The average Bonchev–Trinajstić information content (AvgIpc) is 2.61. The Bertz CT molecular complexity index is 533. The molecule has 1 N–H and O–H groups in total. The minimum absolute atomic E-state index is 0.0106. The third kappa shape index (κ3) is 5.08. The van der Waals surface area contributed by atoms with Crippen molar-refractivity contribution in [1.82, 2.24) is 5.32 Å². The first-order valence-corrected chi connectivity index (χ1v) is 8.93. The van der Waals surface area contributed by atoms with Gasteiger partial charge in [0.2, 0.25) is 5.91 Å². The van der Waals surface area contributed by atoms with Gasteiger partial charge in [-0.15, -0.1) is 0 Å². The molecule has 1 aliphatic rings. The van der Waals surface area contributed by atoms with Crippen LogP contribution in [0.3, 0.4) is 0 Å². The van der Waals surface area contributed by atoms with Crippen LogP contribution in [0.1, 0.15) is 45.1 Å². The van der Waals surface area contributed by atoms with Crippen molar-refractivity contribution < 1.29 is 14.3 Å². The van der Waals surface area contributed by atoms with Crippen molar-refractivity contribution in [2.75, 3.05) is 7.11 Å². The van der Waals surface area contributed by atoms with Crippen molar-refractivity contribution in [3.05, 3.63) is 35.9 Å². The number of hydrogen-bond donors (Lipinski definition) is 1. The van der Waals surface area contributed by atoms with E-state index < -0.39 is 6.04 Å². The van der Waals surface area contributed by atoms with E-state index in [4.69, 9.17) is 4.74 Å². The van der Waals surface area contributed by atoms with E-state index in [9.17, 15) is 9.59 Å². The van der Waals surface area contributed by atoms with Gasteiger partial charge >= 0.3 is 5.97 Å². The molecule has 0 aliphatic heterocycles. The standard InChI is InChI=1S/C20H29NO3/c1-14(2)16-9-11-17(12-10-16)19(22)21-18(20(23)24-3)13-15-7-5-4-6-8-15/h4-8,14,16-18H,9-13H2,1-3H3,(H,21,22)/t16-,17-,18?. The fourth-order valence-electron chi connectivity index (χ4n) is 3.52. The van der Waals surface area contributed by atoms with Crippen LogP contribution in [0.15, 0.2) is 30.3 Å². The number of esters is 1. The fourth-order valence-corrected chi connectivity index (χ4v) is 3.52. The lowest BCUT2D eigenvalue weighted by molar-refractivity contribution is -0.145. The molecule has 2 rings (SSSR count). The third-order valence-electron chi connectivity index (χ3n) is 5.17. The maximum atomic E-state index is 12.6. The number of amides is 1. The van der Waals surface area contributed by atoms with E-state index in [2.05, 4.69) is 19.2 Å². The summed E-state index contributed by atoms with van der Waals surface area (Å²) in [6.07, 6.45) is 4.47. The van der Waals surface area contributed by atoms with Gasteiger partial charge in [-0.2, -0.15) is 0 Å². The number of nitrogens with one attached hydrogen (secondary N) is 1. The Morgan fingerprint density at radius 2 is 1.75 bits per heavy atom. The lowest BCUT2D eigenvalue weighted by Gasteiger charge is -2.31. The summed E-state index contributed by atoms with van der Waals surface area (Å²) in [5.41, 5.74) is 1.01. The Morgan fingerprint density at radius 1 is 1.12 bits per heavy atom. The minimum atomic E-state index is -0.618. The molecule has 1 atom stereocenters. The molecule has 0 spiro atoms. The summed E-state index contributed by atoms with van der Waals surface area (Å²) in [7, 11) is 1.36. The number of hydrogen-bond acceptors (Lipinski definition) is 3. The van der Waals surface area contributed by atoms with Crippen LogP contribution in [0.4, 0.5) is 0 Å². The predicted molar refractivity (Wildman–Crippen MR) is 94.4 cm³/mol. The highest BCUT2D eigenvalue weighted by Crippen LogP contribution is 2.33. The summed E-state index contributed by atoms with van der Waals surface area (Å²) in [4.78, 5) is 24.6. The second-order valence-electron chi connectivity index (χ2n) is 7.13. The fraction of sp³-hybridized carbons (Fsp3) is 0.600. The molecule has 132 valence electrons. The minimum Gasteiger partial charge on any atom is -0.467 e. The van der Waals surface area contributed by atoms with Gasteiger partial charge in [0.1, 0.15) is 6.04 Å². The first-order chi connectivity index (χ1) is 11.5. The van der Waals surface area contributed by atoms with Gasteiger partial charge in [0, 0.05) is 12.3 Å². The topological polar surface area (TPSA) is 55.4 Å². The summed E-state index contributed by atoms with van der Waals surface area (Å²) >= 11 is 0. The maximum absolute atomic E-state index is 12.6. The molecule has 1 fully saturated rings. The molecule has 4 nitrogen and oxygen atoms in total. The Balaban J connectivity index is 1.94. The molecule has 1 aromatic carbocycles. The number of ether oxygens (including phenoxy) is 1. The van der Waals surface area contributed by atoms with E-state index in [-0.39, 0.29) is 17.8 Å². The van der Waals surface area contributed by atoms with Crippen LogP contribution in [0.2, 0.25) is 0 Å². The first-order valence-electron chi connectivity index (χ1n) is 8.93. The normalized spacial score (nSPS) is 22.0. The summed E-state index contributed by atoms with van der Waals surface area (Å²) in [5.74, 6) is 1.01. The molecule has 1 aromatic rings. The van der Waals surface area contributed by atoms with E-state index in [1.54, 1.807) is 0 Å². The number of rotatable bonds is 6. The average molecular weight is 331 g/mol. The SMILES string of the molecule is COC(=O)C(Cc1ccccc1)NC(=O)[C@H]1CC[C@H](C(C)C)CC1. The zero-order valence-corrected chi connectivity index (χ0v) is 15.0. The van der Waals surface area contributed by atoms with Crippen molar-refractivity contribution in [1.29, 1.82) is 0 Å². The lowest BCUT2D eigenvalue weighted by atomic mass is 9.76. The highest BCUT2D eigenvalue weighted by Gasteiger charge is 2.30. The number of benzene rings is 1. The molecule has 24 heavy (non-hydrogen) atoms. The third-order valence-corrected chi connectivity index (χ3v) is 5.17. The second-order valence-corrected chi connectivity index (χ2v) is 7.13. The number of carbonyl (C=O) groups is 2. The number of carbonyl (C=O) groups excluding carboxylic acids is 2. The largest absolute Gasteiger partial charge is 0.467 e. The Kier molecular flexibility index (Phi) is 6.83. The van der Waals surface area contributed by atoms with Crippen molar-refractivity contribution in [3.8, 4) is 0 Å². The van der Waals surface area contributed by atoms with E-state index in [0.29, 0.717) is 12.3 Å². The molecule has 1 aliphatic carbocycles. The van der Waals surface area contributed by atoms with Crippen LogP contribution in [-0.2, 0) is 20.7 Å². The van der Waals surface area contributed by atoms with Crippen LogP contribution in [0.25, 0.3) is 0 Å². The molecule has 0 saturated heterocycles. The molecule has 0 radical (unpaired) electrons. The predicted octanol–water partition coefficient (Wildman–Crippen LogP) is 3.35. The highest BCUT2D eigenvalue weighted by molar-refractivity contribution is 5.86. The smallest absolute Gasteiger partial charge is 0.328 e. The van der Waals surface area contributed by atoms with Crippen molar-refractivity contribution in [2.45, 2.75) is 52.0 Å². The van der Waals surface area contributed by atoms with Gasteiger partial charge in [0.25, 0.3) is 0 Å². The molecule has 0 heterocycles. The Morgan fingerprint density at radius 3 is 2.29 bits per heavy atom. The van der Waals surface area contributed by atoms with E-state index in [0.717, 1.165) is 37.2 Å². The van der Waals surface area contributed by atoms with Gasteiger partial charge in [0.05, 0.1) is 7.11 Å². The number of methoxy groups -OCH3 is 1. The van der Waals surface area contributed by atoms with E-state index in [1.165, 1.54) is 7.11 Å². The summed E-state index contributed by atoms with van der Waals surface area (Å²) in [5, 5.41) is 2.92. The first kappa shape index (κ1) is 18.5. The van der Waals surface area contributed by atoms with Crippen molar-refractivity contribution in [3.63, 3.8) is 0 Å². The van der Waals surface area contributed by atoms with Gasteiger partial charge in [-0.05, 0) is 43.1 Å². The highest BCUT2D eigenvalue weighted by atomic mass is 16.5. The Hall–Kier alpha value is -1.84. The molecule has 1 saturated carbocycles. The molecular formula is C20H29NO3. The Labute approximate surface area is 145 Å². The summed E-state index contributed by atoms with van der Waals surface area (Å²) < 4.78 is 4.87. The van der Waals surface area contributed by atoms with E-state index >= 15 is 0 Å². The molecule has 0 bridgehead atoms. The monoisotopic (exact) mass is 331 g/mol. The molecule has 4 heteroatoms. The molecular weight excluding hydrogens is 302 g/mol. The maximum Gasteiger partial charge on any atom is 0.328 e. The van der Waals surface area contributed by atoms with Crippen LogP contribution in [0.5, 0.6) is 0 Å². The van der Waals surface area contributed by atoms with Crippen molar-refractivity contribution >= 4 is 11.9 Å². The van der Waals surface area contributed by atoms with Crippen LogP contribution in [-0.4, -0.2) is 25.0 Å². The molecule has 0 aromatic heterocycles. The molecule has 1 unspecified atom stereocenters. The molecule has 1 amide bonds. The van der Waals surface area contributed by atoms with Gasteiger partial charge in [0.15, 0.2) is 0 Å². The van der Waals surface area contributed by atoms with Gasteiger partial charge in [-0.1, -0.05) is 44.2 Å². The van der Waals surface area contributed by atoms with Gasteiger partial charge < -0.3 is 10.1 Å². The summed E-state index contributed by atoms with van der Waals surface area (Å²) in [6.45, 7) is 4.50. The zero-order valence-electron chi connectivity index (χ0n) is 15.0. The summed E-state index contributed by atoms with van der Waals surface area (Å²) in [6, 6.07) is 9.08. The zero-order chi connectivity index (χ0) is 17.5. The van der Waals surface area contributed by atoms with Crippen LogP contribution >= 0.6 is 0 Å². The van der Waals surface area contributed by atoms with Crippen LogP contribution in [0, 0.1) is 17.8 Å². The quantitative estimate of drug-likeness (QED) is 0.813. The lowest BCUT2D eigenvalue weighted by Crippen LogP contribution is -2.46. The van der Waals surface area contributed by atoms with Crippen molar-refractivity contribution in [2.24, 2.45) is 17.8 Å². The second kappa shape index (κ2) is 8.86. The van der Waals surface area contributed by atoms with E-state index in [1.807, 2.05) is 30.3 Å².